The van der Waals surface area contributed by atoms with Crippen LogP contribution < -0.4 is 5.32 Å². The van der Waals surface area contributed by atoms with E-state index in [0.29, 0.717) is 6.04 Å². The van der Waals surface area contributed by atoms with Crippen molar-refractivity contribution in [3.8, 4) is 0 Å². The van der Waals surface area contributed by atoms with E-state index in [-0.39, 0.29) is 0 Å². The molecule has 18 heavy (non-hydrogen) atoms. The third kappa shape index (κ3) is 3.93. The Hall–Kier alpha value is -0.650. The van der Waals surface area contributed by atoms with Crippen LogP contribution in [0.3, 0.4) is 0 Å². The number of thiophene rings is 1. The van der Waals surface area contributed by atoms with E-state index < -0.39 is 0 Å². The molecule has 0 aliphatic carbocycles. The van der Waals surface area contributed by atoms with E-state index in [9.17, 15) is 0 Å². The van der Waals surface area contributed by atoms with E-state index in [1.54, 1.807) is 11.3 Å². The lowest BCUT2D eigenvalue weighted by Gasteiger charge is -2.03. The normalized spacial score (nSPS) is 11.3. The maximum absolute atomic E-state index is 4.33. The molecular weight excluding hydrogens is 310 g/mol. The second-order valence-electron chi connectivity index (χ2n) is 4.55. The minimum atomic E-state index is 0.433. The molecule has 0 radical (unpaired) electrons. The van der Waals surface area contributed by atoms with Gasteiger partial charge in [0.05, 0.1) is 9.98 Å². The minimum Gasteiger partial charge on any atom is -0.312 e. The molecule has 0 spiro atoms. The van der Waals surface area contributed by atoms with Crippen LogP contribution in [0.1, 0.15) is 30.3 Å². The van der Waals surface area contributed by atoms with Crippen molar-refractivity contribution >= 4 is 27.3 Å². The number of aromatic nitrogens is 2. The summed E-state index contributed by atoms with van der Waals surface area (Å²) in [5.74, 6) is 0. The van der Waals surface area contributed by atoms with Crippen LogP contribution in [0.2, 0.25) is 0 Å². The fourth-order valence-corrected chi connectivity index (χ4v) is 3.16. The average Bonchev–Trinajstić information content (AvgIpc) is 2.93. The maximum atomic E-state index is 4.33. The van der Waals surface area contributed by atoms with E-state index in [2.05, 4.69) is 58.5 Å². The zero-order chi connectivity index (χ0) is 13.0. The van der Waals surface area contributed by atoms with E-state index in [1.807, 2.05) is 10.9 Å². The number of hydrogen-bond donors (Lipinski definition) is 1. The summed E-state index contributed by atoms with van der Waals surface area (Å²) in [6, 6.07) is 4.71. The molecule has 0 saturated heterocycles. The molecule has 0 bridgehead atoms. The topological polar surface area (TPSA) is 29.9 Å². The Labute approximate surface area is 120 Å². The van der Waals surface area contributed by atoms with Crippen LogP contribution in [-0.2, 0) is 13.0 Å². The molecule has 2 heterocycles. The molecular formula is C13H18BrN3S. The quantitative estimate of drug-likeness (QED) is 0.821. The molecule has 2 aromatic heterocycles. The predicted octanol–water partition coefficient (Wildman–Crippen LogP) is 3.62. The average molecular weight is 328 g/mol. The standard InChI is InChI=1S/C13H18BrN3S/c1-10(2)17-9-11(8-16-17)7-15-6-5-12-3-4-13(14)18-12/h3-4,8-10,15H,5-7H2,1-2H3. The van der Waals surface area contributed by atoms with Gasteiger partial charge in [0.25, 0.3) is 0 Å². The van der Waals surface area contributed by atoms with Gasteiger partial charge in [-0.3, -0.25) is 4.68 Å². The molecule has 2 rings (SSSR count). The largest absolute Gasteiger partial charge is 0.312 e. The summed E-state index contributed by atoms with van der Waals surface area (Å²) in [6.45, 7) is 6.16. The zero-order valence-electron chi connectivity index (χ0n) is 10.7. The van der Waals surface area contributed by atoms with Crippen molar-refractivity contribution in [2.24, 2.45) is 0 Å². The molecule has 0 atom stereocenters. The van der Waals surface area contributed by atoms with Crippen LogP contribution in [0, 0.1) is 0 Å². The summed E-state index contributed by atoms with van der Waals surface area (Å²) in [6.07, 6.45) is 5.13. The SMILES string of the molecule is CC(C)n1cc(CNCCc2ccc(Br)s2)cn1. The third-order valence-electron chi connectivity index (χ3n) is 2.69. The molecule has 98 valence electrons. The maximum Gasteiger partial charge on any atom is 0.0701 e. The third-order valence-corrected chi connectivity index (χ3v) is 4.37. The lowest BCUT2D eigenvalue weighted by atomic mass is 10.3. The molecule has 0 amide bonds. The molecule has 3 nitrogen and oxygen atoms in total. The molecule has 5 heteroatoms. The van der Waals surface area contributed by atoms with Crippen molar-refractivity contribution in [1.29, 1.82) is 0 Å². The fraction of sp³-hybridized carbons (Fsp3) is 0.462. The van der Waals surface area contributed by atoms with Crippen LogP contribution in [-0.4, -0.2) is 16.3 Å². The second-order valence-corrected chi connectivity index (χ2v) is 7.10. The first-order valence-corrected chi connectivity index (χ1v) is 7.74. The Bertz CT molecular complexity index is 490. The predicted molar refractivity (Wildman–Crippen MR) is 80.0 cm³/mol. The number of nitrogens with zero attached hydrogens (tertiary/aromatic N) is 2. The lowest BCUT2D eigenvalue weighted by molar-refractivity contribution is 0.531. The van der Waals surface area contributed by atoms with Crippen molar-refractivity contribution in [3.05, 3.63) is 38.8 Å². The van der Waals surface area contributed by atoms with Crippen molar-refractivity contribution in [2.45, 2.75) is 32.9 Å². The molecule has 2 aromatic rings. The van der Waals surface area contributed by atoms with Crippen molar-refractivity contribution < 1.29 is 0 Å². The fourth-order valence-electron chi connectivity index (χ4n) is 1.68. The van der Waals surface area contributed by atoms with Gasteiger partial charge in [-0.15, -0.1) is 11.3 Å². The van der Waals surface area contributed by atoms with Gasteiger partial charge >= 0.3 is 0 Å². The number of halogens is 1. The van der Waals surface area contributed by atoms with Crippen molar-refractivity contribution in [3.63, 3.8) is 0 Å². The van der Waals surface area contributed by atoms with Gasteiger partial charge in [-0.1, -0.05) is 0 Å². The van der Waals surface area contributed by atoms with Gasteiger partial charge in [-0.25, -0.2) is 0 Å². The van der Waals surface area contributed by atoms with E-state index in [1.165, 1.54) is 14.2 Å². The Morgan fingerprint density at radius 3 is 2.89 bits per heavy atom. The summed E-state index contributed by atoms with van der Waals surface area (Å²) in [7, 11) is 0. The molecule has 0 fully saturated rings. The first-order chi connectivity index (χ1) is 8.65. The summed E-state index contributed by atoms with van der Waals surface area (Å²) >= 11 is 5.28. The van der Waals surface area contributed by atoms with Crippen LogP contribution in [0.15, 0.2) is 28.3 Å². The first-order valence-electron chi connectivity index (χ1n) is 6.13. The van der Waals surface area contributed by atoms with Crippen LogP contribution >= 0.6 is 27.3 Å². The zero-order valence-corrected chi connectivity index (χ0v) is 13.1. The highest BCUT2D eigenvalue weighted by Gasteiger charge is 2.01. The van der Waals surface area contributed by atoms with E-state index >= 15 is 0 Å². The van der Waals surface area contributed by atoms with Gasteiger partial charge in [0.15, 0.2) is 0 Å². The molecule has 0 unspecified atom stereocenters. The van der Waals surface area contributed by atoms with Crippen LogP contribution in [0.25, 0.3) is 0 Å². The minimum absolute atomic E-state index is 0.433. The van der Waals surface area contributed by atoms with Gasteiger partial charge in [0.2, 0.25) is 0 Å². The Kier molecular flexibility index (Phi) is 4.97. The van der Waals surface area contributed by atoms with Gasteiger partial charge in [-0.2, -0.15) is 5.10 Å². The summed E-state index contributed by atoms with van der Waals surface area (Å²) in [5, 5.41) is 7.78. The molecule has 1 N–H and O–H groups in total. The first kappa shape index (κ1) is 13.8. The smallest absolute Gasteiger partial charge is 0.0701 e. The molecule has 0 saturated carbocycles. The highest BCUT2D eigenvalue weighted by Crippen LogP contribution is 2.22. The van der Waals surface area contributed by atoms with Crippen LogP contribution in [0.4, 0.5) is 0 Å². The van der Waals surface area contributed by atoms with Gasteiger partial charge in [-0.05, 0) is 48.3 Å². The molecule has 0 aliphatic rings. The Morgan fingerprint density at radius 1 is 1.44 bits per heavy atom. The molecule has 0 aromatic carbocycles. The summed E-state index contributed by atoms with van der Waals surface area (Å²) in [5.41, 5.74) is 1.25. The number of hydrogen-bond acceptors (Lipinski definition) is 3. The van der Waals surface area contributed by atoms with Crippen molar-refractivity contribution in [2.75, 3.05) is 6.54 Å². The summed E-state index contributed by atoms with van der Waals surface area (Å²) in [4.78, 5) is 1.41. The highest BCUT2D eigenvalue weighted by molar-refractivity contribution is 9.11. The van der Waals surface area contributed by atoms with E-state index in [4.69, 9.17) is 0 Å². The van der Waals surface area contributed by atoms with E-state index in [0.717, 1.165) is 19.5 Å². The molecule has 0 aliphatic heterocycles. The van der Waals surface area contributed by atoms with Gasteiger partial charge in [0, 0.05) is 35.8 Å². The second kappa shape index (κ2) is 6.50. The summed E-state index contributed by atoms with van der Waals surface area (Å²) < 4.78 is 3.20. The highest BCUT2D eigenvalue weighted by atomic mass is 79.9. The van der Waals surface area contributed by atoms with Crippen molar-refractivity contribution in [1.82, 2.24) is 15.1 Å². The van der Waals surface area contributed by atoms with Gasteiger partial charge in [0.1, 0.15) is 0 Å². The monoisotopic (exact) mass is 327 g/mol. The number of rotatable bonds is 6. The number of nitrogens with one attached hydrogen (secondary N) is 1. The van der Waals surface area contributed by atoms with Crippen LogP contribution in [0.5, 0.6) is 0 Å². The van der Waals surface area contributed by atoms with Gasteiger partial charge < -0.3 is 5.32 Å². The Balaban J connectivity index is 1.71. The lowest BCUT2D eigenvalue weighted by Crippen LogP contribution is -2.15. The Morgan fingerprint density at radius 2 is 2.28 bits per heavy atom.